The van der Waals surface area contributed by atoms with Gasteiger partial charge in [-0.2, -0.15) is 0 Å². The Balaban J connectivity index is 1.98. The molecule has 7 heteroatoms. The number of thiazole rings is 1. The number of hydrogen-bond acceptors (Lipinski definition) is 5. The zero-order valence-corrected chi connectivity index (χ0v) is 13.6. The standard InChI is InChI=1S/C15H15N3O2S2/c1-9-17-12(13(22-9)10-5-3-2-4-6-10)15(20)18-8-21-7-11(18)14(16)19/h2-6,11H,7-8H2,1H3,(H2,16,19)/t11-/m0/s1. The van der Waals surface area contributed by atoms with Gasteiger partial charge >= 0.3 is 0 Å². The Morgan fingerprint density at radius 2 is 2.05 bits per heavy atom. The number of benzene rings is 1. The molecule has 1 aromatic heterocycles. The summed E-state index contributed by atoms with van der Waals surface area (Å²) in [5.74, 6) is 0.325. The number of hydrogen-bond donors (Lipinski definition) is 1. The predicted octanol–water partition coefficient (Wildman–Crippen LogP) is 2.12. The Kier molecular flexibility index (Phi) is 4.17. The van der Waals surface area contributed by atoms with Crippen LogP contribution in [0.5, 0.6) is 0 Å². The highest BCUT2D eigenvalue weighted by Crippen LogP contribution is 2.32. The van der Waals surface area contributed by atoms with Crippen LogP contribution in [0.2, 0.25) is 0 Å². The smallest absolute Gasteiger partial charge is 0.275 e. The lowest BCUT2D eigenvalue weighted by Crippen LogP contribution is -2.45. The van der Waals surface area contributed by atoms with Crippen LogP contribution in [0, 0.1) is 6.92 Å². The molecule has 5 nitrogen and oxygen atoms in total. The normalized spacial score (nSPS) is 17.7. The zero-order valence-electron chi connectivity index (χ0n) is 12.0. The minimum absolute atomic E-state index is 0.225. The van der Waals surface area contributed by atoms with Crippen LogP contribution >= 0.6 is 23.1 Å². The van der Waals surface area contributed by atoms with Crippen molar-refractivity contribution in [3.05, 3.63) is 41.0 Å². The first kappa shape index (κ1) is 15.1. The second-order valence-corrected chi connectivity index (χ2v) is 7.17. The Labute approximate surface area is 136 Å². The number of aryl methyl sites for hydroxylation is 1. The summed E-state index contributed by atoms with van der Waals surface area (Å²) in [6.07, 6.45) is 0. The van der Waals surface area contributed by atoms with E-state index >= 15 is 0 Å². The molecule has 1 aliphatic heterocycles. The van der Waals surface area contributed by atoms with Crippen molar-refractivity contribution < 1.29 is 9.59 Å². The predicted molar refractivity (Wildman–Crippen MR) is 88.8 cm³/mol. The molecule has 0 bridgehead atoms. The number of amides is 2. The van der Waals surface area contributed by atoms with E-state index in [1.54, 1.807) is 0 Å². The molecule has 2 amide bonds. The molecule has 2 aromatic rings. The number of nitrogens with two attached hydrogens (primary N) is 1. The van der Waals surface area contributed by atoms with E-state index in [1.807, 2.05) is 37.3 Å². The molecule has 0 unspecified atom stereocenters. The van der Waals surface area contributed by atoms with Crippen LogP contribution < -0.4 is 5.73 Å². The molecule has 1 saturated heterocycles. The number of aromatic nitrogens is 1. The summed E-state index contributed by atoms with van der Waals surface area (Å²) in [6, 6.07) is 9.14. The first-order valence-corrected chi connectivity index (χ1v) is 8.76. The van der Waals surface area contributed by atoms with Gasteiger partial charge in [0.15, 0.2) is 0 Å². The van der Waals surface area contributed by atoms with Gasteiger partial charge in [0.2, 0.25) is 5.91 Å². The van der Waals surface area contributed by atoms with Gasteiger partial charge in [-0.3, -0.25) is 9.59 Å². The van der Waals surface area contributed by atoms with E-state index in [2.05, 4.69) is 4.98 Å². The van der Waals surface area contributed by atoms with Crippen molar-refractivity contribution in [3.8, 4) is 10.4 Å². The molecule has 1 aliphatic rings. The van der Waals surface area contributed by atoms with Gasteiger partial charge < -0.3 is 10.6 Å². The third kappa shape index (κ3) is 2.74. The van der Waals surface area contributed by atoms with E-state index in [9.17, 15) is 9.59 Å². The van der Waals surface area contributed by atoms with E-state index in [0.717, 1.165) is 15.4 Å². The number of nitrogens with zero attached hydrogens (tertiary/aromatic N) is 2. The molecule has 22 heavy (non-hydrogen) atoms. The average Bonchev–Trinajstić information content (AvgIpc) is 3.14. The van der Waals surface area contributed by atoms with Crippen molar-refractivity contribution in [1.29, 1.82) is 0 Å². The fourth-order valence-electron chi connectivity index (χ4n) is 2.37. The molecule has 1 fully saturated rings. The van der Waals surface area contributed by atoms with Gasteiger partial charge in [0, 0.05) is 5.75 Å². The molecule has 2 N–H and O–H groups in total. The van der Waals surface area contributed by atoms with Crippen LogP contribution in [0.3, 0.4) is 0 Å². The Bertz CT molecular complexity index is 715. The Morgan fingerprint density at radius 3 is 2.73 bits per heavy atom. The zero-order chi connectivity index (χ0) is 15.7. The maximum absolute atomic E-state index is 12.8. The summed E-state index contributed by atoms with van der Waals surface area (Å²) in [6.45, 7) is 1.87. The molecule has 2 heterocycles. The SMILES string of the molecule is Cc1nc(C(=O)N2CSC[C@H]2C(N)=O)c(-c2ccccc2)s1. The molecule has 0 spiro atoms. The third-order valence-electron chi connectivity index (χ3n) is 3.44. The number of carbonyl (C=O) groups is 2. The van der Waals surface area contributed by atoms with Crippen LogP contribution in [0.4, 0.5) is 0 Å². The number of primary amides is 1. The lowest BCUT2D eigenvalue weighted by molar-refractivity contribution is -0.121. The molecule has 0 aliphatic carbocycles. The second kappa shape index (κ2) is 6.10. The monoisotopic (exact) mass is 333 g/mol. The molecule has 0 radical (unpaired) electrons. The minimum Gasteiger partial charge on any atom is -0.368 e. The lowest BCUT2D eigenvalue weighted by Gasteiger charge is -2.20. The molecular weight excluding hydrogens is 318 g/mol. The molecule has 3 rings (SSSR count). The number of rotatable bonds is 3. The summed E-state index contributed by atoms with van der Waals surface area (Å²) in [5, 5.41) is 0.824. The first-order valence-electron chi connectivity index (χ1n) is 6.79. The molecule has 114 valence electrons. The molecular formula is C15H15N3O2S2. The maximum Gasteiger partial charge on any atom is 0.275 e. The van der Waals surface area contributed by atoms with E-state index < -0.39 is 11.9 Å². The van der Waals surface area contributed by atoms with Gasteiger partial charge in [0.05, 0.1) is 15.8 Å². The third-order valence-corrected chi connectivity index (χ3v) is 5.48. The fourth-order valence-corrected chi connectivity index (χ4v) is 4.45. The number of carbonyl (C=O) groups excluding carboxylic acids is 2. The molecule has 1 aromatic carbocycles. The van der Waals surface area contributed by atoms with E-state index in [0.29, 0.717) is 17.3 Å². The van der Waals surface area contributed by atoms with Gasteiger partial charge in [0.1, 0.15) is 11.7 Å². The Hall–Kier alpha value is -1.86. The maximum atomic E-state index is 12.8. The highest BCUT2D eigenvalue weighted by molar-refractivity contribution is 7.99. The van der Waals surface area contributed by atoms with Gasteiger partial charge in [-0.15, -0.1) is 23.1 Å². The van der Waals surface area contributed by atoms with Gasteiger partial charge in [-0.05, 0) is 12.5 Å². The van der Waals surface area contributed by atoms with Crippen LogP contribution in [-0.4, -0.2) is 39.4 Å². The van der Waals surface area contributed by atoms with E-state index in [-0.39, 0.29) is 5.91 Å². The van der Waals surface area contributed by atoms with Crippen molar-refractivity contribution in [1.82, 2.24) is 9.88 Å². The fraction of sp³-hybridized carbons (Fsp3) is 0.267. The van der Waals surface area contributed by atoms with Crippen LogP contribution in [0.25, 0.3) is 10.4 Å². The summed E-state index contributed by atoms with van der Waals surface area (Å²) in [5.41, 5.74) is 6.76. The van der Waals surface area contributed by atoms with Crippen LogP contribution in [0.1, 0.15) is 15.5 Å². The first-order chi connectivity index (χ1) is 10.6. The summed E-state index contributed by atoms with van der Waals surface area (Å²) >= 11 is 3.01. The summed E-state index contributed by atoms with van der Waals surface area (Å²) < 4.78 is 0. The second-order valence-electron chi connectivity index (χ2n) is 4.97. The average molecular weight is 333 g/mol. The van der Waals surface area contributed by atoms with Crippen molar-refractivity contribution >= 4 is 34.9 Å². The van der Waals surface area contributed by atoms with Crippen molar-refractivity contribution in [2.75, 3.05) is 11.6 Å². The van der Waals surface area contributed by atoms with Gasteiger partial charge in [-0.25, -0.2) is 4.98 Å². The molecule has 0 saturated carbocycles. The van der Waals surface area contributed by atoms with Gasteiger partial charge in [-0.1, -0.05) is 30.3 Å². The number of thioether (sulfide) groups is 1. The van der Waals surface area contributed by atoms with Crippen LogP contribution in [0.15, 0.2) is 30.3 Å². The van der Waals surface area contributed by atoms with Crippen molar-refractivity contribution in [3.63, 3.8) is 0 Å². The summed E-state index contributed by atoms with van der Waals surface area (Å²) in [7, 11) is 0. The Morgan fingerprint density at radius 1 is 1.32 bits per heavy atom. The topological polar surface area (TPSA) is 76.3 Å². The largest absolute Gasteiger partial charge is 0.368 e. The van der Waals surface area contributed by atoms with Crippen molar-refractivity contribution in [2.24, 2.45) is 5.73 Å². The van der Waals surface area contributed by atoms with Gasteiger partial charge in [0.25, 0.3) is 5.91 Å². The highest BCUT2D eigenvalue weighted by Gasteiger charge is 2.35. The van der Waals surface area contributed by atoms with E-state index in [4.69, 9.17) is 5.73 Å². The summed E-state index contributed by atoms with van der Waals surface area (Å²) in [4.78, 5) is 31.1. The quantitative estimate of drug-likeness (QED) is 0.933. The van der Waals surface area contributed by atoms with E-state index in [1.165, 1.54) is 28.0 Å². The lowest BCUT2D eigenvalue weighted by atomic mass is 10.1. The van der Waals surface area contributed by atoms with Crippen molar-refractivity contribution in [2.45, 2.75) is 13.0 Å². The highest BCUT2D eigenvalue weighted by atomic mass is 32.2. The molecule has 1 atom stereocenters. The van der Waals surface area contributed by atoms with Crippen LogP contribution in [-0.2, 0) is 4.79 Å². The minimum atomic E-state index is -0.553.